The molecule has 0 aliphatic heterocycles. The summed E-state index contributed by atoms with van der Waals surface area (Å²) in [6.07, 6.45) is -8.98. The predicted octanol–water partition coefficient (Wildman–Crippen LogP) is 4.27. The number of halogens is 6. The van der Waals surface area contributed by atoms with Crippen LogP contribution in [0.3, 0.4) is 0 Å². The van der Waals surface area contributed by atoms with Crippen LogP contribution in [0, 0.1) is 6.92 Å². The van der Waals surface area contributed by atoms with Crippen LogP contribution in [0.5, 0.6) is 0 Å². The zero-order valence-electron chi connectivity index (χ0n) is 11.3. The molecule has 0 radical (unpaired) electrons. The van der Waals surface area contributed by atoms with Crippen molar-refractivity contribution in [2.75, 3.05) is 5.32 Å². The van der Waals surface area contributed by atoms with E-state index >= 15 is 0 Å². The fourth-order valence-electron chi connectivity index (χ4n) is 1.74. The molecule has 2 rings (SSSR count). The molecule has 2 aromatic rings. The van der Waals surface area contributed by atoms with Crippen molar-refractivity contribution in [3.63, 3.8) is 0 Å². The highest BCUT2D eigenvalue weighted by Crippen LogP contribution is 2.37. The SMILES string of the molecule is Cc1oncc1C(=O)Nc1cc(C(F)(F)F)cc(C(F)(F)F)c1. The Morgan fingerprint density at radius 3 is 1.96 bits per heavy atom. The van der Waals surface area contributed by atoms with Gasteiger partial charge in [0.15, 0.2) is 0 Å². The van der Waals surface area contributed by atoms with Gasteiger partial charge in [0.1, 0.15) is 11.3 Å². The number of aromatic nitrogens is 1. The normalized spacial score (nSPS) is 12.3. The van der Waals surface area contributed by atoms with Crippen molar-refractivity contribution in [2.24, 2.45) is 0 Å². The molecule has 0 spiro atoms. The standard InChI is InChI=1S/C13H8F6N2O2/c1-6-10(5-20-23-6)11(22)21-9-3-7(12(14,15)16)2-8(4-9)13(17,18)19/h2-5H,1H3,(H,21,22). The molecule has 4 nitrogen and oxygen atoms in total. The molecule has 0 bridgehead atoms. The summed E-state index contributed by atoms with van der Waals surface area (Å²) >= 11 is 0. The lowest BCUT2D eigenvalue weighted by Gasteiger charge is -2.14. The number of hydrogen-bond donors (Lipinski definition) is 1. The van der Waals surface area contributed by atoms with Crippen molar-refractivity contribution in [2.45, 2.75) is 19.3 Å². The average molecular weight is 338 g/mol. The average Bonchev–Trinajstić information content (AvgIpc) is 2.82. The predicted molar refractivity (Wildman–Crippen MR) is 65.6 cm³/mol. The highest BCUT2D eigenvalue weighted by atomic mass is 19.4. The molecule has 0 atom stereocenters. The minimum Gasteiger partial charge on any atom is -0.361 e. The van der Waals surface area contributed by atoms with Crippen molar-refractivity contribution < 1.29 is 35.7 Å². The van der Waals surface area contributed by atoms with Gasteiger partial charge in [0.25, 0.3) is 5.91 Å². The van der Waals surface area contributed by atoms with Gasteiger partial charge < -0.3 is 9.84 Å². The van der Waals surface area contributed by atoms with Gasteiger partial charge in [-0.1, -0.05) is 5.16 Å². The number of carbonyl (C=O) groups excluding carboxylic acids is 1. The summed E-state index contributed by atoms with van der Waals surface area (Å²) < 4.78 is 80.8. The smallest absolute Gasteiger partial charge is 0.361 e. The number of nitrogens with zero attached hydrogens (tertiary/aromatic N) is 1. The van der Waals surface area contributed by atoms with Crippen LogP contribution in [0.2, 0.25) is 0 Å². The third-order valence-electron chi connectivity index (χ3n) is 2.84. The molecular weight excluding hydrogens is 330 g/mol. The van der Waals surface area contributed by atoms with Gasteiger partial charge in [-0.15, -0.1) is 0 Å². The molecule has 1 aromatic heterocycles. The summed E-state index contributed by atoms with van der Waals surface area (Å²) in [6.45, 7) is 1.37. The number of nitrogens with one attached hydrogen (secondary N) is 1. The monoisotopic (exact) mass is 338 g/mol. The maximum Gasteiger partial charge on any atom is 0.416 e. The van der Waals surface area contributed by atoms with Crippen LogP contribution in [0.1, 0.15) is 27.2 Å². The topological polar surface area (TPSA) is 55.1 Å². The summed E-state index contributed by atoms with van der Waals surface area (Å²) in [4.78, 5) is 11.8. The molecule has 0 unspecified atom stereocenters. The lowest BCUT2D eigenvalue weighted by atomic mass is 10.1. The summed E-state index contributed by atoms with van der Waals surface area (Å²) in [7, 11) is 0. The maximum atomic E-state index is 12.7. The van der Waals surface area contributed by atoms with E-state index in [1.807, 2.05) is 5.32 Å². The summed E-state index contributed by atoms with van der Waals surface area (Å²) in [6, 6.07) is 0.798. The summed E-state index contributed by atoms with van der Waals surface area (Å²) in [5.74, 6) is -0.860. The van der Waals surface area contributed by atoms with Crippen molar-refractivity contribution in [1.82, 2.24) is 5.16 Å². The fraction of sp³-hybridized carbons (Fsp3) is 0.231. The molecule has 10 heteroatoms. The lowest BCUT2D eigenvalue weighted by Crippen LogP contribution is -2.16. The second-order valence-corrected chi connectivity index (χ2v) is 4.54. The van der Waals surface area contributed by atoms with Crippen LogP contribution in [0.25, 0.3) is 0 Å². The second kappa shape index (κ2) is 5.60. The number of anilines is 1. The van der Waals surface area contributed by atoms with Crippen LogP contribution in [-0.4, -0.2) is 11.1 Å². The van der Waals surface area contributed by atoms with Crippen molar-refractivity contribution >= 4 is 11.6 Å². The minimum absolute atomic E-state index is 0.0275. The van der Waals surface area contributed by atoms with Gasteiger partial charge >= 0.3 is 12.4 Å². The summed E-state index contributed by atoms with van der Waals surface area (Å²) in [5, 5.41) is 5.27. The molecule has 124 valence electrons. The van der Waals surface area contributed by atoms with Gasteiger partial charge in [0.05, 0.1) is 17.3 Å². The molecule has 0 aliphatic rings. The first-order chi connectivity index (χ1) is 10.5. The van der Waals surface area contributed by atoms with Crippen molar-refractivity contribution in [3.8, 4) is 0 Å². The van der Waals surface area contributed by atoms with Crippen LogP contribution in [0.4, 0.5) is 32.0 Å². The van der Waals surface area contributed by atoms with E-state index in [2.05, 4.69) is 9.68 Å². The number of rotatable bonds is 2. The molecular formula is C13H8F6N2O2. The van der Waals surface area contributed by atoms with Crippen LogP contribution < -0.4 is 5.32 Å². The number of hydrogen-bond acceptors (Lipinski definition) is 3. The largest absolute Gasteiger partial charge is 0.416 e. The van der Waals surface area contributed by atoms with Crippen LogP contribution in [0.15, 0.2) is 28.9 Å². The van der Waals surface area contributed by atoms with Crippen molar-refractivity contribution in [1.29, 1.82) is 0 Å². The second-order valence-electron chi connectivity index (χ2n) is 4.54. The summed E-state index contributed by atoms with van der Waals surface area (Å²) in [5.41, 5.74) is -3.79. The molecule has 1 aromatic carbocycles. The minimum atomic E-state index is -4.99. The first-order valence-corrected chi connectivity index (χ1v) is 6.00. The molecule has 0 saturated carbocycles. The Morgan fingerprint density at radius 2 is 1.57 bits per heavy atom. The molecule has 1 heterocycles. The number of carbonyl (C=O) groups is 1. The van der Waals surface area contributed by atoms with Crippen LogP contribution in [-0.2, 0) is 12.4 Å². The van der Waals surface area contributed by atoms with E-state index in [9.17, 15) is 31.1 Å². The lowest BCUT2D eigenvalue weighted by molar-refractivity contribution is -0.143. The van der Waals surface area contributed by atoms with E-state index in [1.165, 1.54) is 6.92 Å². The van der Waals surface area contributed by atoms with Gasteiger partial charge in [0.2, 0.25) is 0 Å². The third kappa shape index (κ3) is 3.82. The van der Waals surface area contributed by atoms with Gasteiger partial charge in [-0.05, 0) is 25.1 Å². The third-order valence-corrected chi connectivity index (χ3v) is 2.84. The zero-order chi connectivity index (χ0) is 17.4. The van der Waals surface area contributed by atoms with Crippen LogP contribution >= 0.6 is 0 Å². The molecule has 0 aliphatic carbocycles. The van der Waals surface area contributed by atoms with E-state index in [0.717, 1.165) is 6.20 Å². The van der Waals surface area contributed by atoms with Gasteiger partial charge in [0, 0.05) is 5.69 Å². The first-order valence-electron chi connectivity index (χ1n) is 6.00. The number of aryl methyl sites for hydroxylation is 1. The van der Waals surface area contributed by atoms with Gasteiger partial charge in [-0.3, -0.25) is 4.79 Å². The van der Waals surface area contributed by atoms with E-state index in [1.54, 1.807) is 0 Å². The van der Waals surface area contributed by atoms with E-state index in [0.29, 0.717) is 12.1 Å². The van der Waals surface area contributed by atoms with E-state index in [4.69, 9.17) is 0 Å². The molecule has 1 N–H and O–H groups in total. The maximum absolute atomic E-state index is 12.7. The molecule has 0 fully saturated rings. The highest BCUT2D eigenvalue weighted by molar-refractivity contribution is 6.04. The Balaban J connectivity index is 2.42. The number of amides is 1. The quantitative estimate of drug-likeness (QED) is 0.832. The molecule has 23 heavy (non-hydrogen) atoms. The Bertz CT molecular complexity index is 701. The van der Waals surface area contributed by atoms with Gasteiger partial charge in [-0.25, -0.2) is 0 Å². The number of benzene rings is 1. The molecule has 1 amide bonds. The first kappa shape index (κ1) is 16.8. The van der Waals surface area contributed by atoms with Crippen molar-refractivity contribution in [3.05, 3.63) is 46.8 Å². The Labute approximate surface area is 125 Å². The van der Waals surface area contributed by atoms with Gasteiger partial charge in [-0.2, -0.15) is 26.3 Å². The zero-order valence-corrected chi connectivity index (χ0v) is 11.3. The van der Waals surface area contributed by atoms with E-state index in [-0.39, 0.29) is 17.4 Å². The fourth-order valence-corrected chi connectivity index (χ4v) is 1.74. The number of alkyl halides is 6. The Hall–Kier alpha value is -2.52. The Kier molecular flexibility index (Phi) is 4.10. The highest BCUT2D eigenvalue weighted by Gasteiger charge is 2.37. The van der Waals surface area contributed by atoms with E-state index < -0.39 is 35.1 Å². The Morgan fingerprint density at radius 1 is 1.04 bits per heavy atom. The molecule has 0 saturated heterocycles.